The summed E-state index contributed by atoms with van der Waals surface area (Å²) < 4.78 is 0. The highest BCUT2D eigenvalue weighted by molar-refractivity contribution is 4.70. The number of nitrogens with zero attached hydrogens (tertiary/aromatic N) is 4. The van der Waals surface area contributed by atoms with Crippen LogP contribution in [0.1, 0.15) is 96.3 Å². The zero-order valence-corrected chi connectivity index (χ0v) is 14.4. The lowest BCUT2D eigenvalue weighted by Crippen LogP contribution is -1.79. The summed E-state index contributed by atoms with van der Waals surface area (Å²) >= 11 is 0. The molecule has 0 aromatic rings. The predicted molar refractivity (Wildman–Crippen MR) is 91.7 cm³/mol. The van der Waals surface area contributed by atoms with E-state index < -0.39 is 0 Å². The van der Waals surface area contributed by atoms with Crippen LogP contribution in [0.3, 0.4) is 0 Å². The Hall–Kier alpha value is -2.04. The first-order valence-corrected chi connectivity index (χ1v) is 8.81. The largest absolute Gasteiger partial charge is 0.198 e. The van der Waals surface area contributed by atoms with Crippen molar-refractivity contribution < 1.29 is 0 Å². The van der Waals surface area contributed by atoms with E-state index in [-0.39, 0.29) is 0 Å². The SMILES string of the molecule is N#CCCCCCCCC#N.N#CCCCCCCCCC#N. The Bertz CT molecular complexity index is 352. The van der Waals surface area contributed by atoms with E-state index in [1.807, 2.05) is 0 Å². The third-order valence-corrected chi connectivity index (χ3v) is 3.40. The van der Waals surface area contributed by atoms with Crippen molar-refractivity contribution in [3.05, 3.63) is 0 Å². The molecule has 0 aromatic carbocycles. The number of nitriles is 4. The van der Waals surface area contributed by atoms with Gasteiger partial charge in [0.05, 0.1) is 24.3 Å². The molecule has 0 amide bonds. The van der Waals surface area contributed by atoms with Gasteiger partial charge in [0.25, 0.3) is 0 Å². The van der Waals surface area contributed by atoms with Gasteiger partial charge in [0, 0.05) is 25.7 Å². The van der Waals surface area contributed by atoms with Gasteiger partial charge in [0.2, 0.25) is 0 Å². The lowest BCUT2D eigenvalue weighted by Gasteiger charge is -1.96. The molecule has 4 nitrogen and oxygen atoms in total. The summed E-state index contributed by atoms with van der Waals surface area (Å²) in [4.78, 5) is 0. The van der Waals surface area contributed by atoms with Crippen LogP contribution in [0.25, 0.3) is 0 Å². The summed E-state index contributed by atoms with van der Waals surface area (Å²) in [7, 11) is 0. The Balaban J connectivity index is 0. The van der Waals surface area contributed by atoms with Crippen molar-refractivity contribution in [1.82, 2.24) is 0 Å². The van der Waals surface area contributed by atoms with E-state index in [1.165, 1.54) is 32.1 Å². The smallest absolute Gasteiger partial charge is 0.0621 e. The topological polar surface area (TPSA) is 95.2 Å². The van der Waals surface area contributed by atoms with Gasteiger partial charge in [-0.25, -0.2) is 0 Å². The highest BCUT2D eigenvalue weighted by atomic mass is 14.2. The molecular formula is C19H30N4. The van der Waals surface area contributed by atoms with Crippen molar-refractivity contribution in [1.29, 1.82) is 21.0 Å². The van der Waals surface area contributed by atoms with Gasteiger partial charge in [-0.3, -0.25) is 0 Å². The van der Waals surface area contributed by atoms with Crippen LogP contribution in [0, 0.1) is 45.3 Å². The summed E-state index contributed by atoms with van der Waals surface area (Å²) in [6, 6.07) is 8.51. The quantitative estimate of drug-likeness (QED) is 0.394. The average Bonchev–Trinajstić information content (AvgIpc) is 2.57. The minimum Gasteiger partial charge on any atom is -0.198 e. The van der Waals surface area contributed by atoms with Crippen molar-refractivity contribution in [2.45, 2.75) is 96.3 Å². The molecule has 0 atom stereocenters. The molecule has 0 saturated carbocycles. The molecule has 23 heavy (non-hydrogen) atoms. The van der Waals surface area contributed by atoms with Crippen molar-refractivity contribution in [3.8, 4) is 24.3 Å². The molecule has 0 heterocycles. The minimum atomic E-state index is 0.679. The molecule has 0 bridgehead atoms. The average molecular weight is 314 g/mol. The summed E-state index contributed by atoms with van der Waals surface area (Å²) in [5.41, 5.74) is 0. The normalized spacial score (nSPS) is 8.70. The van der Waals surface area contributed by atoms with Gasteiger partial charge in [0.15, 0.2) is 0 Å². The molecule has 126 valence electrons. The maximum Gasteiger partial charge on any atom is 0.0621 e. The van der Waals surface area contributed by atoms with Gasteiger partial charge >= 0.3 is 0 Å². The summed E-state index contributed by atoms with van der Waals surface area (Å²) in [6.07, 6.45) is 15.1. The van der Waals surface area contributed by atoms with Gasteiger partial charge in [-0.15, -0.1) is 0 Å². The van der Waals surface area contributed by atoms with Gasteiger partial charge in [-0.2, -0.15) is 21.0 Å². The van der Waals surface area contributed by atoms with Gasteiger partial charge in [-0.1, -0.05) is 44.9 Å². The third-order valence-electron chi connectivity index (χ3n) is 3.40. The number of rotatable bonds is 13. The molecule has 0 rings (SSSR count). The van der Waals surface area contributed by atoms with Crippen molar-refractivity contribution in [2.24, 2.45) is 0 Å². The second kappa shape index (κ2) is 24.9. The fourth-order valence-corrected chi connectivity index (χ4v) is 2.05. The van der Waals surface area contributed by atoms with E-state index in [0.717, 1.165) is 38.5 Å². The van der Waals surface area contributed by atoms with Crippen molar-refractivity contribution in [2.75, 3.05) is 0 Å². The molecule has 0 radical (unpaired) electrons. The molecule has 0 N–H and O–H groups in total. The highest BCUT2D eigenvalue weighted by Crippen LogP contribution is 2.07. The molecule has 0 aromatic heterocycles. The van der Waals surface area contributed by atoms with Gasteiger partial charge in [0.1, 0.15) is 0 Å². The first-order valence-electron chi connectivity index (χ1n) is 8.81. The third kappa shape index (κ3) is 28.8. The standard InChI is InChI=1S/C10H16N2.C9H14N2/c11-9-7-5-3-1-2-4-6-8-10-12;10-8-6-4-2-1-3-5-7-9-11/h1-8H2;1-7H2. The lowest BCUT2D eigenvalue weighted by molar-refractivity contribution is 0.603. The Morgan fingerprint density at radius 2 is 0.478 bits per heavy atom. The maximum absolute atomic E-state index is 8.25. The highest BCUT2D eigenvalue weighted by Gasteiger charge is 1.90. The number of hydrogen-bond donors (Lipinski definition) is 0. The van der Waals surface area contributed by atoms with E-state index in [1.54, 1.807) is 0 Å². The van der Waals surface area contributed by atoms with Crippen molar-refractivity contribution >= 4 is 0 Å². The van der Waals surface area contributed by atoms with E-state index >= 15 is 0 Å². The van der Waals surface area contributed by atoms with E-state index in [4.69, 9.17) is 21.0 Å². The van der Waals surface area contributed by atoms with Crippen LogP contribution in [0.2, 0.25) is 0 Å². The molecular weight excluding hydrogens is 284 g/mol. The van der Waals surface area contributed by atoms with E-state index in [0.29, 0.717) is 25.7 Å². The maximum atomic E-state index is 8.25. The predicted octanol–water partition coefficient (Wildman–Crippen LogP) is 5.92. The van der Waals surface area contributed by atoms with Crippen LogP contribution in [-0.4, -0.2) is 0 Å². The van der Waals surface area contributed by atoms with Crippen molar-refractivity contribution in [3.63, 3.8) is 0 Å². The monoisotopic (exact) mass is 314 g/mol. The second-order valence-corrected chi connectivity index (χ2v) is 5.52. The Morgan fingerprint density at radius 3 is 0.652 bits per heavy atom. The molecule has 0 unspecified atom stereocenters. The molecule has 0 spiro atoms. The Kier molecular flexibility index (Phi) is 25.2. The fraction of sp³-hybridized carbons (Fsp3) is 0.789. The Labute approximate surface area is 142 Å². The van der Waals surface area contributed by atoms with E-state index in [9.17, 15) is 0 Å². The summed E-state index contributed by atoms with van der Waals surface area (Å²) in [6.45, 7) is 0. The second-order valence-electron chi connectivity index (χ2n) is 5.52. The van der Waals surface area contributed by atoms with Gasteiger partial charge < -0.3 is 0 Å². The zero-order valence-electron chi connectivity index (χ0n) is 14.4. The van der Waals surface area contributed by atoms with Crippen LogP contribution in [0.5, 0.6) is 0 Å². The minimum absolute atomic E-state index is 0.679. The van der Waals surface area contributed by atoms with Crippen LogP contribution in [0.15, 0.2) is 0 Å². The molecule has 0 aliphatic heterocycles. The van der Waals surface area contributed by atoms with Crippen LogP contribution >= 0.6 is 0 Å². The molecule has 4 heteroatoms. The lowest BCUT2D eigenvalue weighted by atomic mass is 10.1. The van der Waals surface area contributed by atoms with Crippen LogP contribution in [0.4, 0.5) is 0 Å². The first-order chi connectivity index (χ1) is 11.3. The zero-order chi connectivity index (χ0) is 17.4. The Morgan fingerprint density at radius 1 is 0.304 bits per heavy atom. The van der Waals surface area contributed by atoms with Crippen LogP contribution < -0.4 is 0 Å². The van der Waals surface area contributed by atoms with Crippen LogP contribution in [-0.2, 0) is 0 Å². The number of hydrogen-bond acceptors (Lipinski definition) is 4. The van der Waals surface area contributed by atoms with E-state index in [2.05, 4.69) is 24.3 Å². The van der Waals surface area contributed by atoms with Gasteiger partial charge in [-0.05, 0) is 25.7 Å². The number of unbranched alkanes of at least 4 members (excludes halogenated alkanes) is 13. The summed E-state index contributed by atoms with van der Waals surface area (Å²) in [5, 5.41) is 32.9. The fourth-order valence-electron chi connectivity index (χ4n) is 2.05. The summed E-state index contributed by atoms with van der Waals surface area (Å²) in [5.74, 6) is 0. The molecule has 0 aliphatic rings. The molecule has 0 aliphatic carbocycles. The molecule has 0 fully saturated rings. The first kappa shape index (κ1) is 23.2. The molecule has 0 saturated heterocycles.